The Labute approximate surface area is 161 Å². The topological polar surface area (TPSA) is 113 Å². The van der Waals surface area contributed by atoms with Crippen LogP contribution in [-0.2, 0) is 0 Å². The summed E-state index contributed by atoms with van der Waals surface area (Å²) in [7, 11) is 0. The first-order chi connectivity index (χ1) is 13.7. The third kappa shape index (κ3) is 3.08. The fourth-order valence-corrected chi connectivity index (χ4v) is 3.18. The lowest BCUT2D eigenvalue weighted by atomic mass is 9.96. The van der Waals surface area contributed by atoms with E-state index in [1.165, 1.54) is 6.33 Å². The van der Waals surface area contributed by atoms with E-state index in [2.05, 4.69) is 31.3 Å². The summed E-state index contributed by atoms with van der Waals surface area (Å²) in [6.45, 7) is 1.98. The number of nitrogen functional groups attached to an aromatic ring is 1. The van der Waals surface area contributed by atoms with Gasteiger partial charge in [0.05, 0.1) is 17.3 Å². The van der Waals surface area contributed by atoms with Crippen LogP contribution in [0.5, 0.6) is 0 Å². The molecule has 0 aliphatic carbocycles. The predicted octanol–water partition coefficient (Wildman–Crippen LogP) is 3.71. The summed E-state index contributed by atoms with van der Waals surface area (Å²) in [5, 5.41) is 13.7. The highest BCUT2D eigenvalue weighted by Gasteiger charge is 2.19. The zero-order valence-electron chi connectivity index (χ0n) is 15.2. The molecule has 0 bridgehead atoms. The number of hydrogen-bond donors (Lipinski definition) is 2. The van der Waals surface area contributed by atoms with Crippen molar-refractivity contribution >= 4 is 22.5 Å². The Kier molecular flexibility index (Phi) is 4.52. The number of nitrogens with two attached hydrogens (primary N) is 1. The number of rotatable bonds is 4. The maximum absolute atomic E-state index is 9.38. The van der Waals surface area contributed by atoms with Crippen LogP contribution in [0.1, 0.15) is 24.1 Å². The fourth-order valence-electron chi connectivity index (χ4n) is 3.18. The second-order valence-electron chi connectivity index (χ2n) is 6.28. The van der Waals surface area contributed by atoms with Gasteiger partial charge in [-0.3, -0.25) is 9.97 Å². The summed E-state index contributed by atoms with van der Waals surface area (Å²) in [5.74, 6) is 0.538. The number of benzene rings is 1. The zero-order chi connectivity index (χ0) is 19.5. The van der Waals surface area contributed by atoms with Gasteiger partial charge in [-0.25, -0.2) is 9.97 Å². The van der Waals surface area contributed by atoms with Crippen molar-refractivity contribution in [3.63, 3.8) is 0 Å². The van der Waals surface area contributed by atoms with Crippen molar-refractivity contribution in [3.05, 3.63) is 72.3 Å². The summed E-state index contributed by atoms with van der Waals surface area (Å²) in [5.41, 5.74) is 9.71. The zero-order valence-corrected chi connectivity index (χ0v) is 15.2. The Balaban J connectivity index is 1.85. The summed E-state index contributed by atoms with van der Waals surface area (Å²) < 4.78 is 0. The van der Waals surface area contributed by atoms with Crippen LogP contribution >= 0.6 is 0 Å². The lowest BCUT2D eigenvalue weighted by molar-refractivity contribution is 0.867. The van der Waals surface area contributed by atoms with Crippen LogP contribution in [0.4, 0.5) is 11.6 Å². The van der Waals surface area contributed by atoms with E-state index in [0.717, 1.165) is 27.7 Å². The molecule has 3 heterocycles. The van der Waals surface area contributed by atoms with Gasteiger partial charge in [-0.2, -0.15) is 5.26 Å². The molecule has 0 spiro atoms. The SMILES string of the molecule is C[C@@H](Nc1ncnc(N)c1C#N)c1cnc2ccccc2c1-c1ccccn1. The number of fused-ring (bicyclic) bond motifs is 1. The molecule has 7 heteroatoms. The van der Waals surface area contributed by atoms with Crippen molar-refractivity contribution in [3.8, 4) is 17.3 Å². The molecule has 7 nitrogen and oxygen atoms in total. The molecule has 4 aromatic rings. The Bertz CT molecular complexity index is 1180. The first-order valence-electron chi connectivity index (χ1n) is 8.75. The van der Waals surface area contributed by atoms with Crippen molar-refractivity contribution in [1.29, 1.82) is 5.26 Å². The van der Waals surface area contributed by atoms with Crippen molar-refractivity contribution < 1.29 is 0 Å². The third-order valence-corrected chi connectivity index (χ3v) is 4.53. The van der Waals surface area contributed by atoms with E-state index < -0.39 is 0 Å². The van der Waals surface area contributed by atoms with Crippen LogP contribution in [0.3, 0.4) is 0 Å². The van der Waals surface area contributed by atoms with Gasteiger partial charge in [0.1, 0.15) is 29.6 Å². The molecule has 136 valence electrons. The molecule has 0 radical (unpaired) electrons. The minimum atomic E-state index is -0.199. The summed E-state index contributed by atoms with van der Waals surface area (Å²) in [6.07, 6.45) is 4.94. The average Bonchev–Trinajstić information content (AvgIpc) is 2.73. The molecule has 28 heavy (non-hydrogen) atoms. The molecule has 0 saturated carbocycles. The van der Waals surface area contributed by atoms with E-state index in [9.17, 15) is 5.26 Å². The van der Waals surface area contributed by atoms with Crippen LogP contribution in [0, 0.1) is 11.3 Å². The van der Waals surface area contributed by atoms with Crippen LogP contribution in [0.25, 0.3) is 22.2 Å². The maximum atomic E-state index is 9.38. The standard InChI is InChI=1S/C21H17N7/c1-13(28-21-15(10-22)20(23)26-12-27-21)16-11-25-17-7-3-2-6-14(17)19(16)18-8-4-5-9-24-18/h2-9,11-13H,1H3,(H3,23,26,27,28)/t13-/m1/s1. The molecule has 0 amide bonds. The molecule has 1 aromatic carbocycles. The van der Waals surface area contributed by atoms with Crippen LogP contribution in [0.2, 0.25) is 0 Å². The van der Waals surface area contributed by atoms with E-state index in [1.54, 1.807) is 6.20 Å². The van der Waals surface area contributed by atoms with Gasteiger partial charge in [-0.05, 0) is 25.1 Å². The molecular formula is C21H17N7. The second-order valence-corrected chi connectivity index (χ2v) is 6.28. The van der Waals surface area contributed by atoms with Crippen molar-refractivity contribution in [2.45, 2.75) is 13.0 Å². The molecule has 0 aliphatic heterocycles. The fraction of sp³-hybridized carbons (Fsp3) is 0.0952. The number of hydrogen-bond acceptors (Lipinski definition) is 7. The number of aromatic nitrogens is 4. The molecule has 0 aliphatic rings. The molecule has 0 fully saturated rings. The van der Waals surface area contributed by atoms with Gasteiger partial charge in [0, 0.05) is 28.9 Å². The van der Waals surface area contributed by atoms with Gasteiger partial charge in [0.2, 0.25) is 0 Å². The summed E-state index contributed by atoms with van der Waals surface area (Å²) in [6, 6.07) is 15.6. The summed E-state index contributed by atoms with van der Waals surface area (Å²) >= 11 is 0. The molecule has 1 atom stereocenters. The lowest BCUT2D eigenvalue weighted by Gasteiger charge is -2.20. The highest BCUT2D eigenvalue weighted by molar-refractivity contribution is 5.95. The van der Waals surface area contributed by atoms with E-state index >= 15 is 0 Å². The molecule has 4 rings (SSSR count). The maximum Gasteiger partial charge on any atom is 0.150 e. The lowest BCUT2D eigenvalue weighted by Crippen LogP contribution is -2.13. The van der Waals surface area contributed by atoms with Crippen LogP contribution in [-0.4, -0.2) is 19.9 Å². The summed E-state index contributed by atoms with van der Waals surface area (Å²) in [4.78, 5) is 17.2. The van der Waals surface area contributed by atoms with E-state index in [-0.39, 0.29) is 17.4 Å². The number of nitrogens with zero attached hydrogens (tertiary/aromatic N) is 5. The quantitative estimate of drug-likeness (QED) is 0.565. The van der Waals surface area contributed by atoms with Gasteiger partial charge >= 0.3 is 0 Å². The highest BCUT2D eigenvalue weighted by Crippen LogP contribution is 2.34. The Morgan fingerprint density at radius 3 is 2.64 bits per heavy atom. The largest absolute Gasteiger partial charge is 0.382 e. The Morgan fingerprint density at radius 2 is 1.86 bits per heavy atom. The van der Waals surface area contributed by atoms with Crippen LogP contribution < -0.4 is 11.1 Å². The van der Waals surface area contributed by atoms with Gasteiger partial charge in [0.25, 0.3) is 0 Å². The van der Waals surface area contributed by atoms with Crippen molar-refractivity contribution in [1.82, 2.24) is 19.9 Å². The number of nitriles is 1. The smallest absolute Gasteiger partial charge is 0.150 e. The minimum Gasteiger partial charge on any atom is -0.382 e. The molecule has 0 unspecified atom stereocenters. The Hall–Kier alpha value is -4.05. The van der Waals surface area contributed by atoms with E-state index in [4.69, 9.17) is 5.73 Å². The average molecular weight is 367 g/mol. The molecule has 3 aromatic heterocycles. The highest BCUT2D eigenvalue weighted by atomic mass is 15.1. The van der Waals surface area contributed by atoms with Crippen LogP contribution in [0.15, 0.2) is 61.2 Å². The van der Waals surface area contributed by atoms with Gasteiger partial charge < -0.3 is 11.1 Å². The van der Waals surface area contributed by atoms with Gasteiger partial charge in [-0.15, -0.1) is 0 Å². The van der Waals surface area contributed by atoms with Crippen molar-refractivity contribution in [2.24, 2.45) is 0 Å². The third-order valence-electron chi connectivity index (χ3n) is 4.53. The minimum absolute atomic E-state index is 0.147. The van der Waals surface area contributed by atoms with E-state index in [1.807, 2.05) is 55.6 Å². The number of anilines is 2. The number of pyridine rings is 2. The molecule has 0 saturated heterocycles. The predicted molar refractivity (Wildman–Crippen MR) is 108 cm³/mol. The molecular weight excluding hydrogens is 350 g/mol. The normalized spacial score (nSPS) is 11.7. The monoisotopic (exact) mass is 367 g/mol. The van der Waals surface area contributed by atoms with Gasteiger partial charge in [-0.1, -0.05) is 24.3 Å². The second kappa shape index (κ2) is 7.29. The van der Waals surface area contributed by atoms with Gasteiger partial charge in [0.15, 0.2) is 0 Å². The van der Waals surface area contributed by atoms with E-state index in [0.29, 0.717) is 5.82 Å². The number of para-hydroxylation sites is 1. The Morgan fingerprint density at radius 1 is 1.04 bits per heavy atom. The molecule has 3 N–H and O–H groups in total. The first-order valence-corrected chi connectivity index (χ1v) is 8.75. The first kappa shape index (κ1) is 17.4. The number of nitrogens with one attached hydrogen (secondary N) is 1. The van der Waals surface area contributed by atoms with Crippen molar-refractivity contribution in [2.75, 3.05) is 11.1 Å².